The van der Waals surface area contributed by atoms with Crippen molar-refractivity contribution in [2.75, 3.05) is 26.2 Å². The van der Waals surface area contributed by atoms with E-state index in [1.165, 1.54) is 24.3 Å². The second-order valence-electron chi connectivity index (χ2n) is 8.06. The molecule has 3 aromatic rings. The van der Waals surface area contributed by atoms with E-state index in [0.29, 0.717) is 55.2 Å². The van der Waals surface area contributed by atoms with Gasteiger partial charge in [-0.25, -0.2) is 0 Å². The number of amides is 2. The zero-order valence-corrected chi connectivity index (χ0v) is 18.8. The molecule has 9 heteroatoms. The molecule has 1 fully saturated rings. The second-order valence-corrected chi connectivity index (χ2v) is 8.06. The molecule has 1 heterocycles. The van der Waals surface area contributed by atoms with Crippen molar-refractivity contribution in [3.63, 3.8) is 0 Å². The van der Waals surface area contributed by atoms with Gasteiger partial charge in [-0.2, -0.15) is 0 Å². The third-order valence-electron chi connectivity index (χ3n) is 5.80. The van der Waals surface area contributed by atoms with Crippen LogP contribution in [0.4, 0.5) is 5.69 Å². The normalized spacial score (nSPS) is 13.3. The summed E-state index contributed by atoms with van der Waals surface area (Å²) in [6, 6.07) is 19.5. The van der Waals surface area contributed by atoms with E-state index in [1.807, 2.05) is 12.1 Å². The van der Waals surface area contributed by atoms with Crippen LogP contribution in [0.15, 0.2) is 72.8 Å². The molecule has 0 radical (unpaired) electrons. The topological polar surface area (TPSA) is 110 Å². The lowest BCUT2D eigenvalue weighted by Crippen LogP contribution is -2.50. The Kier molecular flexibility index (Phi) is 7.15. The van der Waals surface area contributed by atoms with Crippen LogP contribution in [0.1, 0.15) is 36.6 Å². The first kappa shape index (κ1) is 23.6. The van der Waals surface area contributed by atoms with Gasteiger partial charge >= 0.3 is 0 Å². The predicted octanol–water partition coefficient (Wildman–Crippen LogP) is 3.58. The van der Waals surface area contributed by atoms with Crippen molar-refractivity contribution >= 4 is 23.8 Å². The Morgan fingerprint density at radius 2 is 1.29 bits per heavy atom. The number of nitro benzene ring substituents is 1. The molecular weight excluding hydrogens is 450 g/mol. The van der Waals surface area contributed by atoms with Crippen molar-refractivity contribution in [1.82, 2.24) is 9.80 Å². The fourth-order valence-electron chi connectivity index (χ4n) is 3.76. The molecule has 1 aliphatic heterocycles. The Morgan fingerprint density at radius 3 is 1.74 bits per heavy atom. The first-order chi connectivity index (χ1) is 16.9. The Balaban J connectivity index is 1.28. The van der Waals surface area contributed by atoms with Gasteiger partial charge in [0.1, 0.15) is 18.6 Å². The van der Waals surface area contributed by atoms with Crippen LogP contribution >= 0.6 is 0 Å². The molecule has 0 N–H and O–H groups in total. The van der Waals surface area contributed by atoms with Crippen molar-refractivity contribution in [2.45, 2.75) is 6.61 Å². The quantitative estimate of drug-likeness (QED) is 0.295. The summed E-state index contributed by atoms with van der Waals surface area (Å²) in [6.07, 6.45) is 0.774. The molecule has 9 nitrogen and oxygen atoms in total. The van der Waals surface area contributed by atoms with Gasteiger partial charge in [0.25, 0.3) is 17.5 Å². The summed E-state index contributed by atoms with van der Waals surface area (Å²) < 4.78 is 5.72. The van der Waals surface area contributed by atoms with Gasteiger partial charge in [0.05, 0.1) is 4.92 Å². The van der Waals surface area contributed by atoms with Crippen molar-refractivity contribution < 1.29 is 24.0 Å². The van der Waals surface area contributed by atoms with Gasteiger partial charge in [-0.1, -0.05) is 12.1 Å². The number of carbonyl (C=O) groups is 3. The molecule has 178 valence electrons. The number of hydrogen-bond acceptors (Lipinski definition) is 6. The molecule has 0 bridgehead atoms. The van der Waals surface area contributed by atoms with Crippen LogP contribution < -0.4 is 4.74 Å². The van der Waals surface area contributed by atoms with Gasteiger partial charge in [-0.15, -0.1) is 0 Å². The smallest absolute Gasteiger partial charge is 0.269 e. The number of rotatable bonds is 7. The minimum absolute atomic E-state index is 0.0669. The van der Waals surface area contributed by atoms with Crippen LogP contribution in [0, 0.1) is 10.1 Å². The maximum absolute atomic E-state index is 12.9. The summed E-state index contributed by atoms with van der Waals surface area (Å²) >= 11 is 0. The van der Waals surface area contributed by atoms with E-state index in [-0.39, 0.29) is 17.5 Å². The molecule has 0 saturated carbocycles. The van der Waals surface area contributed by atoms with Gasteiger partial charge in [-0.05, 0) is 54.1 Å². The zero-order valence-electron chi connectivity index (χ0n) is 18.8. The Hall–Kier alpha value is -4.53. The molecule has 0 aliphatic carbocycles. The number of non-ortho nitro benzene ring substituents is 1. The lowest BCUT2D eigenvalue weighted by atomic mass is 10.1. The highest BCUT2D eigenvalue weighted by Crippen LogP contribution is 2.17. The summed E-state index contributed by atoms with van der Waals surface area (Å²) in [5.74, 6) is 0.332. The number of piperazine rings is 1. The summed E-state index contributed by atoms with van der Waals surface area (Å²) in [5.41, 5.74) is 2.35. The monoisotopic (exact) mass is 473 g/mol. The van der Waals surface area contributed by atoms with Gasteiger partial charge < -0.3 is 14.5 Å². The number of hydrogen-bond donors (Lipinski definition) is 0. The van der Waals surface area contributed by atoms with E-state index in [1.54, 1.807) is 46.2 Å². The first-order valence-corrected chi connectivity index (χ1v) is 11.0. The van der Waals surface area contributed by atoms with Crippen molar-refractivity contribution in [3.8, 4) is 5.75 Å². The third kappa shape index (κ3) is 5.70. The molecule has 0 spiro atoms. The molecule has 1 saturated heterocycles. The minimum Gasteiger partial charge on any atom is -0.489 e. The van der Waals surface area contributed by atoms with E-state index in [2.05, 4.69) is 0 Å². The molecule has 0 aromatic heterocycles. The summed E-state index contributed by atoms with van der Waals surface area (Å²) in [5, 5.41) is 10.8. The molecule has 2 amide bonds. The summed E-state index contributed by atoms with van der Waals surface area (Å²) in [6.45, 7) is 1.91. The lowest BCUT2D eigenvalue weighted by molar-refractivity contribution is -0.384. The van der Waals surface area contributed by atoms with Crippen molar-refractivity contribution in [1.29, 1.82) is 0 Å². The number of benzene rings is 3. The SMILES string of the molecule is O=Cc1ccc(OCc2ccc(C(=O)N3CCN(C(=O)c4ccc([N+](=O)[O-])cc4)CC3)cc2)cc1. The molecule has 0 atom stereocenters. The van der Waals surface area contributed by atoms with E-state index in [4.69, 9.17) is 4.74 Å². The lowest BCUT2D eigenvalue weighted by Gasteiger charge is -2.35. The number of ether oxygens (including phenoxy) is 1. The molecule has 0 unspecified atom stereocenters. The first-order valence-electron chi connectivity index (χ1n) is 11.0. The number of aldehydes is 1. The van der Waals surface area contributed by atoms with Gasteiger partial charge in [0, 0.05) is 55.0 Å². The number of nitro groups is 1. The van der Waals surface area contributed by atoms with Crippen LogP contribution in [0.5, 0.6) is 5.75 Å². The fraction of sp³-hybridized carbons (Fsp3) is 0.192. The predicted molar refractivity (Wildman–Crippen MR) is 128 cm³/mol. The van der Waals surface area contributed by atoms with Crippen LogP contribution in [-0.4, -0.2) is 59.0 Å². The minimum atomic E-state index is -0.507. The Labute approximate surface area is 201 Å². The number of nitrogens with zero attached hydrogens (tertiary/aromatic N) is 3. The van der Waals surface area contributed by atoms with Crippen molar-refractivity contribution in [2.24, 2.45) is 0 Å². The Bertz CT molecular complexity index is 1220. The molecule has 35 heavy (non-hydrogen) atoms. The van der Waals surface area contributed by atoms with E-state index in [0.717, 1.165) is 11.8 Å². The van der Waals surface area contributed by atoms with Crippen LogP contribution in [0.25, 0.3) is 0 Å². The second kappa shape index (κ2) is 10.6. The molecule has 1 aliphatic rings. The van der Waals surface area contributed by atoms with Crippen LogP contribution in [-0.2, 0) is 6.61 Å². The average Bonchev–Trinajstić information content (AvgIpc) is 2.92. The molecule has 3 aromatic carbocycles. The van der Waals surface area contributed by atoms with Gasteiger partial charge in [-0.3, -0.25) is 24.5 Å². The highest BCUT2D eigenvalue weighted by atomic mass is 16.6. The zero-order chi connectivity index (χ0) is 24.8. The van der Waals surface area contributed by atoms with Crippen LogP contribution in [0.2, 0.25) is 0 Å². The molecular formula is C26H23N3O6. The average molecular weight is 473 g/mol. The summed E-state index contributed by atoms with van der Waals surface area (Å²) in [7, 11) is 0. The van der Waals surface area contributed by atoms with Crippen molar-refractivity contribution in [3.05, 3.63) is 105 Å². The van der Waals surface area contributed by atoms with Crippen LogP contribution in [0.3, 0.4) is 0 Å². The highest BCUT2D eigenvalue weighted by molar-refractivity contribution is 5.96. The maximum atomic E-state index is 12.9. The standard InChI is InChI=1S/C26H23N3O6/c30-17-19-3-11-24(12-4-19)35-18-20-1-5-21(6-2-20)25(31)27-13-15-28(16-14-27)26(32)22-7-9-23(10-8-22)29(33)34/h1-12,17H,13-16,18H2. The largest absolute Gasteiger partial charge is 0.489 e. The van der Waals surface area contributed by atoms with E-state index >= 15 is 0 Å². The highest BCUT2D eigenvalue weighted by Gasteiger charge is 2.25. The molecule has 4 rings (SSSR count). The fourth-order valence-corrected chi connectivity index (χ4v) is 3.76. The third-order valence-corrected chi connectivity index (χ3v) is 5.80. The van der Waals surface area contributed by atoms with Gasteiger partial charge in [0.15, 0.2) is 0 Å². The summed E-state index contributed by atoms with van der Waals surface area (Å²) in [4.78, 5) is 49.9. The maximum Gasteiger partial charge on any atom is 0.269 e. The van der Waals surface area contributed by atoms with E-state index < -0.39 is 4.92 Å². The van der Waals surface area contributed by atoms with E-state index in [9.17, 15) is 24.5 Å². The number of carbonyl (C=O) groups excluding carboxylic acids is 3. The Morgan fingerprint density at radius 1 is 0.800 bits per heavy atom. The van der Waals surface area contributed by atoms with Gasteiger partial charge in [0.2, 0.25) is 0 Å².